The van der Waals surface area contributed by atoms with E-state index < -0.39 is 5.97 Å². The van der Waals surface area contributed by atoms with Gasteiger partial charge in [-0.15, -0.1) is 0 Å². The van der Waals surface area contributed by atoms with Crippen molar-refractivity contribution in [3.8, 4) is 23.1 Å². The Morgan fingerprint density at radius 2 is 1.77 bits per heavy atom. The number of rotatable bonds is 9. The molecule has 1 heterocycles. The molecule has 1 aliphatic carbocycles. The van der Waals surface area contributed by atoms with Gasteiger partial charge < -0.3 is 24.6 Å². The summed E-state index contributed by atoms with van der Waals surface area (Å²) < 4.78 is 17.8. The molecular formula is C27H28N2O6. The molecule has 182 valence electrons. The average Bonchev–Trinajstić information content (AvgIpc) is 2.87. The van der Waals surface area contributed by atoms with Crippen LogP contribution in [0.3, 0.4) is 0 Å². The van der Waals surface area contributed by atoms with Crippen molar-refractivity contribution in [3.63, 3.8) is 0 Å². The minimum absolute atomic E-state index is 0.0345. The Balaban J connectivity index is 1.42. The number of hydrogen-bond donors (Lipinski definition) is 2. The number of aromatic nitrogens is 1. The SMILES string of the molecule is COc1cccc(Oc2ccc(CC(=O)Nc3ccccc3C(=O)O)cn2)c1OC1CCCCC1. The smallest absolute Gasteiger partial charge is 0.337 e. The number of benzene rings is 2. The zero-order chi connectivity index (χ0) is 24.6. The van der Waals surface area contributed by atoms with E-state index in [1.807, 2.05) is 18.2 Å². The first-order chi connectivity index (χ1) is 17.0. The first-order valence-corrected chi connectivity index (χ1v) is 11.6. The molecule has 2 aromatic carbocycles. The summed E-state index contributed by atoms with van der Waals surface area (Å²) in [4.78, 5) is 28.1. The van der Waals surface area contributed by atoms with Gasteiger partial charge in [-0.2, -0.15) is 0 Å². The van der Waals surface area contributed by atoms with Gasteiger partial charge >= 0.3 is 5.97 Å². The van der Waals surface area contributed by atoms with Gasteiger partial charge in [0.2, 0.25) is 17.5 Å². The maximum Gasteiger partial charge on any atom is 0.337 e. The Kier molecular flexibility index (Phi) is 7.82. The highest BCUT2D eigenvalue weighted by atomic mass is 16.5. The summed E-state index contributed by atoms with van der Waals surface area (Å²) in [6.07, 6.45) is 7.25. The Bertz CT molecular complexity index is 1170. The highest BCUT2D eigenvalue weighted by Gasteiger charge is 2.21. The van der Waals surface area contributed by atoms with Crippen LogP contribution in [0, 0.1) is 0 Å². The largest absolute Gasteiger partial charge is 0.493 e. The summed E-state index contributed by atoms with van der Waals surface area (Å²) in [6, 6.07) is 15.2. The standard InChI is InChI=1S/C27H28N2O6/c1-33-22-12-7-13-23(26(22)34-19-8-3-2-4-9-19)35-25-15-14-18(17-28-25)16-24(30)29-21-11-6-5-10-20(21)27(31)32/h5-7,10-15,17,19H,2-4,8-9,16H2,1H3,(H,29,30)(H,31,32). The summed E-state index contributed by atoms with van der Waals surface area (Å²) in [6.45, 7) is 0. The lowest BCUT2D eigenvalue weighted by Gasteiger charge is -2.25. The van der Waals surface area contributed by atoms with Crippen LogP contribution in [-0.4, -0.2) is 35.2 Å². The molecule has 0 unspecified atom stereocenters. The van der Waals surface area contributed by atoms with Gasteiger partial charge in [0.05, 0.1) is 30.9 Å². The monoisotopic (exact) mass is 476 g/mol. The van der Waals surface area contributed by atoms with Crippen molar-refractivity contribution in [2.75, 3.05) is 12.4 Å². The highest BCUT2D eigenvalue weighted by molar-refractivity contribution is 6.00. The van der Waals surface area contributed by atoms with Crippen molar-refractivity contribution in [3.05, 3.63) is 71.9 Å². The van der Waals surface area contributed by atoms with Gasteiger partial charge in [0, 0.05) is 12.3 Å². The number of carboxylic acid groups (broad SMARTS) is 1. The molecule has 8 nitrogen and oxygen atoms in total. The van der Waals surface area contributed by atoms with Gasteiger partial charge in [-0.3, -0.25) is 4.79 Å². The number of nitrogens with zero attached hydrogens (tertiary/aromatic N) is 1. The Morgan fingerprint density at radius 1 is 1.00 bits per heavy atom. The number of methoxy groups -OCH3 is 1. The number of carboxylic acids is 1. The number of hydrogen-bond acceptors (Lipinski definition) is 6. The molecule has 1 saturated carbocycles. The van der Waals surface area contributed by atoms with Crippen LogP contribution in [0.1, 0.15) is 48.0 Å². The second kappa shape index (κ2) is 11.4. The minimum atomic E-state index is -1.10. The quantitative estimate of drug-likeness (QED) is 0.421. The van der Waals surface area contributed by atoms with Gasteiger partial charge in [-0.1, -0.05) is 30.7 Å². The average molecular weight is 477 g/mol. The Hall–Kier alpha value is -4.07. The molecule has 8 heteroatoms. The maximum atomic E-state index is 12.4. The summed E-state index contributed by atoms with van der Waals surface area (Å²) >= 11 is 0. The van der Waals surface area contributed by atoms with E-state index in [1.54, 1.807) is 43.6 Å². The van der Waals surface area contributed by atoms with Crippen LogP contribution < -0.4 is 19.5 Å². The summed E-state index contributed by atoms with van der Waals surface area (Å²) in [7, 11) is 1.60. The fourth-order valence-electron chi connectivity index (χ4n) is 4.05. The number of carbonyl (C=O) groups is 2. The summed E-state index contributed by atoms with van der Waals surface area (Å²) in [5.41, 5.74) is 0.945. The Labute approximate surface area is 203 Å². The maximum absolute atomic E-state index is 12.4. The zero-order valence-corrected chi connectivity index (χ0v) is 19.5. The summed E-state index contributed by atoms with van der Waals surface area (Å²) in [5.74, 6) is 0.580. The molecule has 0 saturated heterocycles. The second-order valence-electron chi connectivity index (χ2n) is 8.35. The van der Waals surface area contributed by atoms with E-state index in [4.69, 9.17) is 14.2 Å². The molecule has 1 amide bonds. The van der Waals surface area contributed by atoms with E-state index in [-0.39, 0.29) is 29.7 Å². The molecule has 0 radical (unpaired) electrons. The van der Waals surface area contributed by atoms with Crippen molar-refractivity contribution in [1.29, 1.82) is 0 Å². The number of carbonyl (C=O) groups excluding carboxylic acids is 1. The normalized spacial score (nSPS) is 13.6. The number of anilines is 1. The number of para-hydroxylation sites is 2. The summed E-state index contributed by atoms with van der Waals surface area (Å²) in [5, 5.41) is 11.9. The molecule has 4 rings (SSSR count). The van der Waals surface area contributed by atoms with Crippen molar-refractivity contribution >= 4 is 17.6 Å². The lowest BCUT2D eigenvalue weighted by molar-refractivity contribution is -0.115. The lowest BCUT2D eigenvalue weighted by Crippen LogP contribution is -2.20. The number of pyridine rings is 1. The topological polar surface area (TPSA) is 107 Å². The van der Waals surface area contributed by atoms with E-state index in [9.17, 15) is 14.7 Å². The van der Waals surface area contributed by atoms with Crippen molar-refractivity contribution < 1.29 is 28.9 Å². The van der Waals surface area contributed by atoms with E-state index in [1.165, 1.54) is 12.5 Å². The van der Waals surface area contributed by atoms with Crippen LogP contribution in [0.5, 0.6) is 23.1 Å². The van der Waals surface area contributed by atoms with Crippen LogP contribution in [0.2, 0.25) is 0 Å². The van der Waals surface area contributed by atoms with Crippen LogP contribution in [-0.2, 0) is 11.2 Å². The number of aromatic carboxylic acids is 1. The molecule has 2 N–H and O–H groups in total. The van der Waals surface area contributed by atoms with Gasteiger partial charge in [0.1, 0.15) is 0 Å². The first kappa shape index (κ1) is 24.1. The second-order valence-corrected chi connectivity index (χ2v) is 8.35. The molecule has 0 bridgehead atoms. The molecule has 0 aliphatic heterocycles. The third-order valence-electron chi connectivity index (χ3n) is 5.81. The zero-order valence-electron chi connectivity index (χ0n) is 19.5. The van der Waals surface area contributed by atoms with Gasteiger partial charge in [0.25, 0.3) is 0 Å². The molecule has 1 aromatic heterocycles. The van der Waals surface area contributed by atoms with Crippen LogP contribution in [0.4, 0.5) is 5.69 Å². The van der Waals surface area contributed by atoms with E-state index in [2.05, 4.69) is 10.3 Å². The van der Waals surface area contributed by atoms with Crippen LogP contribution in [0.25, 0.3) is 0 Å². The minimum Gasteiger partial charge on any atom is -0.493 e. The molecule has 0 spiro atoms. The third kappa shape index (κ3) is 6.29. The van der Waals surface area contributed by atoms with Crippen molar-refractivity contribution in [1.82, 2.24) is 4.98 Å². The predicted octanol–water partition coefficient (Wildman–Crippen LogP) is 5.47. The highest BCUT2D eigenvalue weighted by Crippen LogP contribution is 2.41. The van der Waals surface area contributed by atoms with Crippen molar-refractivity contribution in [2.45, 2.75) is 44.6 Å². The molecule has 1 aliphatic rings. The van der Waals surface area contributed by atoms with Gasteiger partial charge in [0.15, 0.2) is 11.5 Å². The molecule has 3 aromatic rings. The fraction of sp³-hybridized carbons (Fsp3) is 0.296. The molecule has 1 fully saturated rings. The molecule has 0 atom stereocenters. The van der Waals surface area contributed by atoms with Crippen LogP contribution in [0.15, 0.2) is 60.8 Å². The predicted molar refractivity (Wildman–Crippen MR) is 131 cm³/mol. The molecular weight excluding hydrogens is 448 g/mol. The van der Waals surface area contributed by atoms with E-state index >= 15 is 0 Å². The Morgan fingerprint density at radius 3 is 2.49 bits per heavy atom. The van der Waals surface area contributed by atoms with E-state index in [0.29, 0.717) is 28.7 Å². The third-order valence-corrected chi connectivity index (χ3v) is 5.81. The first-order valence-electron chi connectivity index (χ1n) is 11.6. The lowest BCUT2D eigenvalue weighted by atomic mass is 9.98. The number of nitrogens with one attached hydrogen (secondary N) is 1. The van der Waals surface area contributed by atoms with Crippen molar-refractivity contribution in [2.24, 2.45) is 0 Å². The van der Waals surface area contributed by atoms with Gasteiger partial charge in [-0.25, -0.2) is 9.78 Å². The van der Waals surface area contributed by atoms with Crippen LogP contribution >= 0.6 is 0 Å². The van der Waals surface area contributed by atoms with E-state index in [0.717, 1.165) is 25.7 Å². The number of ether oxygens (including phenoxy) is 3. The van der Waals surface area contributed by atoms with Gasteiger partial charge in [-0.05, 0) is 55.5 Å². The molecule has 35 heavy (non-hydrogen) atoms. The fourth-order valence-corrected chi connectivity index (χ4v) is 4.05. The number of amides is 1.